The van der Waals surface area contributed by atoms with Gasteiger partial charge in [0.2, 0.25) is 0 Å². The molecule has 0 fully saturated rings. The van der Waals surface area contributed by atoms with Crippen molar-refractivity contribution in [1.82, 2.24) is 0 Å². The van der Waals surface area contributed by atoms with Gasteiger partial charge in [-0.3, -0.25) is 0 Å². The lowest BCUT2D eigenvalue weighted by atomic mass is 10.1. The topological polar surface area (TPSA) is 40.5 Å². The zero-order valence-electron chi connectivity index (χ0n) is 11.6. The Morgan fingerprint density at radius 2 is 1.55 bits per heavy atom. The molecule has 0 bridgehead atoms. The molecule has 20 heavy (non-hydrogen) atoms. The van der Waals surface area contributed by atoms with Gasteiger partial charge in [-0.05, 0) is 61.4 Å². The molecule has 0 aromatic heterocycles. The molecule has 1 rings (SSSR count). The number of benzene rings is 1. The predicted molar refractivity (Wildman–Crippen MR) is 82.3 cm³/mol. The molecule has 0 saturated carbocycles. The Balaban J connectivity index is 2.85. The van der Waals surface area contributed by atoms with Gasteiger partial charge < -0.3 is 10.2 Å². The Bertz CT molecular complexity index is 545. The summed E-state index contributed by atoms with van der Waals surface area (Å²) in [5, 5.41) is 18.1. The average molecular weight is 265 g/mol. The summed E-state index contributed by atoms with van der Waals surface area (Å²) in [6, 6.07) is 8.59. The lowest BCUT2D eigenvalue weighted by Gasteiger charge is -1.98. The van der Waals surface area contributed by atoms with Gasteiger partial charge in [-0.15, -0.1) is 0 Å². The van der Waals surface area contributed by atoms with Crippen LogP contribution in [0, 0.1) is 29.7 Å². The van der Waals surface area contributed by atoms with Crippen LogP contribution in [0.15, 0.2) is 30.4 Å². The van der Waals surface area contributed by atoms with Crippen molar-refractivity contribution >= 4 is 12.2 Å². The maximum Gasteiger partial charge on any atom is 0.112 e. The third-order valence-electron chi connectivity index (χ3n) is 2.21. The molecule has 0 aliphatic carbocycles. The number of aliphatic hydroxyl groups is 2. The maximum atomic E-state index is 9.03. The van der Waals surface area contributed by atoms with Crippen molar-refractivity contribution in [2.75, 3.05) is 0 Å². The molecule has 101 valence electrons. The first-order valence-electron chi connectivity index (χ1n) is 6.31. The Kier molecular flexibility index (Phi) is 6.93. The lowest BCUT2D eigenvalue weighted by Crippen LogP contribution is -1.91. The van der Waals surface area contributed by atoms with E-state index in [1.54, 1.807) is 26.0 Å². The number of rotatable bonds is 2. The first-order valence-corrected chi connectivity index (χ1v) is 6.31. The monoisotopic (exact) mass is 265 g/mol. The summed E-state index contributed by atoms with van der Waals surface area (Å²) < 4.78 is 0. The molecule has 0 saturated heterocycles. The van der Waals surface area contributed by atoms with E-state index >= 15 is 0 Å². The maximum absolute atomic E-state index is 9.03. The second-order valence-corrected chi connectivity index (χ2v) is 4.15. The van der Waals surface area contributed by atoms with E-state index in [-0.39, 0.29) is 0 Å². The van der Waals surface area contributed by atoms with Crippen molar-refractivity contribution in [2.45, 2.75) is 26.1 Å². The highest BCUT2D eigenvalue weighted by Crippen LogP contribution is 2.11. The third-order valence-corrected chi connectivity index (χ3v) is 2.21. The van der Waals surface area contributed by atoms with Crippen molar-refractivity contribution in [3.8, 4) is 23.7 Å². The van der Waals surface area contributed by atoms with Crippen LogP contribution in [-0.2, 0) is 0 Å². The van der Waals surface area contributed by atoms with E-state index in [4.69, 9.17) is 10.2 Å². The van der Waals surface area contributed by atoms with E-state index < -0.39 is 12.2 Å². The number of hydrogen-bond acceptors (Lipinski definition) is 2. The van der Waals surface area contributed by atoms with Crippen molar-refractivity contribution < 1.29 is 10.2 Å². The van der Waals surface area contributed by atoms with Crippen LogP contribution in [0.4, 0.5) is 0 Å². The summed E-state index contributed by atoms with van der Waals surface area (Å²) in [5.74, 6) is 10.8. The standard InChI is InChI=1S/C18H17O2/c1-15(19)9-3-5-11-17-13-7-8-14-18(17)12-6-4-10-16(2)20/h5-7,11-16,19-20H,1-2H3. The molecule has 2 N–H and O–H groups in total. The van der Waals surface area contributed by atoms with Crippen LogP contribution in [0.1, 0.15) is 25.0 Å². The number of allylic oxidation sites excluding steroid dienone is 2. The van der Waals surface area contributed by atoms with E-state index in [0.717, 1.165) is 11.1 Å². The highest BCUT2D eigenvalue weighted by molar-refractivity contribution is 5.67. The molecule has 0 spiro atoms. The number of hydrogen-bond donors (Lipinski definition) is 2. The Morgan fingerprint density at radius 3 is 2.10 bits per heavy atom. The van der Waals surface area contributed by atoms with Gasteiger partial charge in [-0.25, -0.2) is 0 Å². The normalized spacial score (nSPS) is 13.4. The van der Waals surface area contributed by atoms with Gasteiger partial charge in [-0.2, -0.15) is 0 Å². The summed E-state index contributed by atoms with van der Waals surface area (Å²) >= 11 is 0. The summed E-state index contributed by atoms with van der Waals surface area (Å²) in [6.45, 7) is 3.24. The first-order chi connectivity index (χ1) is 9.59. The largest absolute Gasteiger partial charge is 0.381 e. The van der Waals surface area contributed by atoms with E-state index in [1.165, 1.54) is 0 Å². The molecule has 2 nitrogen and oxygen atoms in total. The van der Waals surface area contributed by atoms with Gasteiger partial charge in [0, 0.05) is 0 Å². The zero-order valence-corrected chi connectivity index (χ0v) is 11.6. The second-order valence-electron chi connectivity index (χ2n) is 4.15. The zero-order chi connectivity index (χ0) is 14.8. The van der Waals surface area contributed by atoms with Crippen molar-refractivity contribution in [2.24, 2.45) is 0 Å². The van der Waals surface area contributed by atoms with E-state index in [0.29, 0.717) is 0 Å². The fourth-order valence-corrected chi connectivity index (χ4v) is 1.35. The summed E-state index contributed by atoms with van der Waals surface area (Å²) in [5.41, 5.74) is 1.95. The van der Waals surface area contributed by atoms with Crippen LogP contribution < -0.4 is 0 Å². The van der Waals surface area contributed by atoms with Crippen LogP contribution in [-0.4, -0.2) is 22.4 Å². The molecule has 2 atom stereocenters. The van der Waals surface area contributed by atoms with Gasteiger partial charge in [0.15, 0.2) is 0 Å². The number of aliphatic hydroxyl groups excluding tert-OH is 2. The quantitative estimate of drug-likeness (QED) is 0.805. The minimum absolute atomic E-state index is 0.626. The predicted octanol–water partition coefficient (Wildman–Crippen LogP) is 2.28. The summed E-state index contributed by atoms with van der Waals surface area (Å²) in [6.07, 6.45) is 5.85. The molecular formula is C18H17O2. The summed E-state index contributed by atoms with van der Waals surface area (Å²) in [4.78, 5) is 0. The fourth-order valence-electron chi connectivity index (χ4n) is 1.35. The molecule has 1 aromatic rings. The highest BCUT2D eigenvalue weighted by Gasteiger charge is 1.93. The van der Waals surface area contributed by atoms with E-state index in [9.17, 15) is 0 Å². The second kappa shape index (κ2) is 8.77. The van der Waals surface area contributed by atoms with Crippen LogP contribution in [0.3, 0.4) is 0 Å². The smallest absolute Gasteiger partial charge is 0.112 e. The molecule has 2 unspecified atom stereocenters. The van der Waals surface area contributed by atoms with Gasteiger partial charge >= 0.3 is 0 Å². The van der Waals surface area contributed by atoms with Gasteiger partial charge in [0.05, 0.1) is 0 Å². The van der Waals surface area contributed by atoms with Gasteiger partial charge in [0.1, 0.15) is 12.2 Å². The Labute approximate surface area is 120 Å². The van der Waals surface area contributed by atoms with Crippen LogP contribution in [0.5, 0.6) is 0 Å². The molecule has 1 aromatic carbocycles. The van der Waals surface area contributed by atoms with Gasteiger partial charge in [0.25, 0.3) is 0 Å². The molecule has 0 aliphatic rings. The van der Waals surface area contributed by atoms with Crippen LogP contribution in [0.2, 0.25) is 0 Å². The Hall–Kier alpha value is -2.26. The minimum Gasteiger partial charge on any atom is -0.381 e. The minimum atomic E-state index is -0.628. The average Bonchev–Trinajstić information content (AvgIpc) is 2.40. The molecule has 2 heteroatoms. The first kappa shape index (κ1) is 15.8. The third kappa shape index (κ3) is 6.61. The molecule has 0 aliphatic heterocycles. The van der Waals surface area contributed by atoms with Crippen LogP contribution >= 0.6 is 0 Å². The lowest BCUT2D eigenvalue weighted by molar-refractivity contribution is 0.253. The van der Waals surface area contributed by atoms with Crippen LogP contribution in [0.25, 0.3) is 12.2 Å². The summed E-state index contributed by atoms with van der Waals surface area (Å²) in [7, 11) is 0. The molecule has 0 heterocycles. The molecule has 0 amide bonds. The van der Waals surface area contributed by atoms with Gasteiger partial charge in [-0.1, -0.05) is 35.8 Å². The molecule has 1 radical (unpaired) electrons. The SMILES string of the molecule is CC(O)C#CC=Cc1c[c]ccc1C=CC#CC(C)O. The fraction of sp³-hybridized carbons (Fsp3) is 0.222. The van der Waals surface area contributed by atoms with Crippen molar-refractivity contribution in [3.05, 3.63) is 47.5 Å². The van der Waals surface area contributed by atoms with E-state index in [1.807, 2.05) is 30.4 Å². The Morgan fingerprint density at radius 1 is 1.00 bits per heavy atom. The molecular weight excluding hydrogens is 248 g/mol. The van der Waals surface area contributed by atoms with Crippen molar-refractivity contribution in [3.63, 3.8) is 0 Å². The van der Waals surface area contributed by atoms with E-state index in [2.05, 4.69) is 29.7 Å². The highest BCUT2D eigenvalue weighted by atomic mass is 16.3. The van der Waals surface area contributed by atoms with Crippen molar-refractivity contribution in [1.29, 1.82) is 0 Å².